The molecule has 1 fully saturated rings. The highest BCUT2D eigenvalue weighted by molar-refractivity contribution is 7.99. The highest BCUT2D eigenvalue weighted by Crippen LogP contribution is 2.30. The van der Waals surface area contributed by atoms with Crippen molar-refractivity contribution in [3.05, 3.63) is 0 Å². The smallest absolute Gasteiger partial charge is 0.322 e. The molecule has 3 atom stereocenters. The van der Waals surface area contributed by atoms with Crippen molar-refractivity contribution in [3.8, 4) is 0 Å². The molecule has 0 bridgehead atoms. The third-order valence-electron chi connectivity index (χ3n) is 3.28. The van der Waals surface area contributed by atoms with Gasteiger partial charge in [-0.3, -0.25) is 4.79 Å². The number of methoxy groups -OCH3 is 1. The molecule has 0 amide bonds. The van der Waals surface area contributed by atoms with Crippen LogP contribution in [0.3, 0.4) is 0 Å². The average Bonchev–Trinajstić information content (AvgIpc) is 2.39. The van der Waals surface area contributed by atoms with Crippen molar-refractivity contribution in [2.45, 2.75) is 56.4 Å². The third-order valence-corrected chi connectivity index (χ3v) is 4.65. The van der Waals surface area contributed by atoms with E-state index in [1.807, 2.05) is 11.8 Å². The van der Waals surface area contributed by atoms with Gasteiger partial charge in [0.25, 0.3) is 0 Å². The number of ether oxygens (including phenoxy) is 2. The van der Waals surface area contributed by atoms with Crippen LogP contribution < -0.4 is 5.73 Å². The molecule has 0 aromatic heterocycles. The van der Waals surface area contributed by atoms with Gasteiger partial charge in [-0.15, -0.1) is 0 Å². The topological polar surface area (TPSA) is 61.5 Å². The molecule has 0 aromatic carbocycles. The second-order valence-corrected chi connectivity index (χ2v) is 6.07. The van der Waals surface area contributed by atoms with Crippen LogP contribution in [0.15, 0.2) is 0 Å². The predicted molar refractivity (Wildman–Crippen MR) is 74.7 cm³/mol. The first-order valence-electron chi connectivity index (χ1n) is 6.74. The summed E-state index contributed by atoms with van der Waals surface area (Å²) in [6, 6.07) is -0.473. The van der Waals surface area contributed by atoms with Crippen LogP contribution in [-0.2, 0) is 14.3 Å². The van der Waals surface area contributed by atoms with Gasteiger partial charge in [0.2, 0.25) is 0 Å². The van der Waals surface area contributed by atoms with E-state index in [0.29, 0.717) is 24.4 Å². The van der Waals surface area contributed by atoms with Gasteiger partial charge in [-0.25, -0.2) is 0 Å². The van der Waals surface area contributed by atoms with Crippen molar-refractivity contribution < 1.29 is 14.3 Å². The standard InChI is InChI=1S/C13H25NO3S/c1-3-17-13(15)12(14)7-8-18-11-6-4-5-10(9-11)16-2/h10-12H,3-9,14H2,1-2H3. The van der Waals surface area contributed by atoms with E-state index in [0.717, 1.165) is 12.2 Å². The van der Waals surface area contributed by atoms with Crippen LogP contribution in [0, 0.1) is 0 Å². The molecular formula is C13H25NO3S. The number of nitrogens with two attached hydrogens (primary N) is 1. The van der Waals surface area contributed by atoms with Gasteiger partial charge in [-0.05, 0) is 44.8 Å². The second-order valence-electron chi connectivity index (χ2n) is 4.66. The molecular weight excluding hydrogens is 250 g/mol. The molecule has 4 nitrogen and oxygen atoms in total. The van der Waals surface area contributed by atoms with Gasteiger partial charge in [0, 0.05) is 12.4 Å². The van der Waals surface area contributed by atoms with E-state index in [1.54, 1.807) is 14.0 Å². The van der Waals surface area contributed by atoms with Crippen LogP contribution in [-0.4, -0.2) is 42.8 Å². The molecule has 0 spiro atoms. The van der Waals surface area contributed by atoms with Gasteiger partial charge in [0.05, 0.1) is 12.7 Å². The van der Waals surface area contributed by atoms with Crippen molar-refractivity contribution in [2.24, 2.45) is 5.73 Å². The molecule has 106 valence electrons. The Hall–Kier alpha value is -0.260. The summed E-state index contributed by atoms with van der Waals surface area (Å²) in [5, 5.41) is 0.651. The lowest BCUT2D eigenvalue weighted by Crippen LogP contribution is -2.33. The summed E-state index contributed by atoms with van der Waals surface area (Å²) < 4.78 is 10.3. The van der Waals surface area contributed by atoms with Crippen LogP contribution in [0.1, 0.15) is 39.0 Å². The summed E-state index contributed by atoms with van der Waals surface area (Å²) in [4.78, 5) is 11.3. The first-order valence-corrected chi connectivity index (χ1v) is 7.78. The molecule has 18 heavy (non-hydrogen) atoms. The van der Waals surface area contributed by atoms with Crippen molar-refractivity contribution >= 4 is 17.7 Å². The zero-order chi connectivity index (χ0) is 13.4. The Labute approximate surface area is 114 Å². The minimum atomic E-state index is -0.473. The Morgan fingerprint density at radius 1 is 1.50 bits per heavy atom. The van der Waals surface area contributed by atoms with E-state index < -0.39 is 6.04 Å². The minimum absolute atomic E-state index is 0.281. The van der Waals surface area contributed by atoms with Gasteiger partial charge in [0.15, 0.2) is 0 Å². The van der Waals surface area contributed by atoms with E-state index in [-0.39, 0.29) is 5.97 Å². The summed E-state index contributed by atoms with van der Waals surface area (Å²) in [6.07, 6.45) is 5.89. The molecule has 1 rings (SSSR count). The Morgan fingerprint density at radius 3 is 2.94 bits per heavy atom. The van der Waals surface area contributed by atoms with Crippen molar-refractivity contribution in [1.82, 2.24) is 0 Å². The van der Waals surface area contributed by atoms with Gasteiger partial charge in [-0.2, -0.15) is 11.8 Å². The maximum Gasteiger partial charge on any atom is 0.322 e. The molecule has 1 aliphatic rings. The predicted octanol–water partition coefficient (Wildman–Crippen LogP) is 1.96. The fourth-order valence-corrected chi connectivity index (χ4v) is 3.60. The Bertz CT molecular complexity index is 250. The van der Waals surface area contributed by atoms with Gasteiger partial charge < -0.3 is 15.2 Å². The molecule has 5 heteroatoms. The molecule has 1 saturated carbocycles. The monoisotopic (exact) mass is 275 g/mol. The quantitative estimate of drug-likeness (QED) is 0.720. The van der Waals surface area contributed by atoms with Crippen LogP contribution in [0.4, 0.5) is 0 Å². The van der Waals surface area contributed by atoms with Crippen LogP contribution in [0.2, 0.25) is 0 Å². The fourth-order valence-electron chi connectivity index (χ4n) is 2.20. The van der Waals surface area contributed by atoms with Gasteiger partial charge in [0.1, 0.15) is 6.04 Å². The summed E-state index contributed by atoms with van der Waals surface area (Å²) in [7, 11) is 1.79. The average molecular weight is 275 g/mol. The van der Waals surface area contributed by atoms with Crippen LogP contribution >= 0.6 is 11.8 Å². The van der Waals surface area contributed by atoms with Crippen molar-refractivity contribution in [3.63, 3.8) is 0 Å². The molecule has 0 heterocycles. The van der Waals surface area contributed by atoms with Crippen molar-refractivity contribution in [2.75, 3.05) is 19.5 Å². The SMILES string of the molecule is CCOC(=O)C(N)CCSC1CCCC(OC)C1. The zero-order valence-corrected chi connectivity index (χ0v) is 12.2. The number of rotatable bonds is 7. The summed E-state index contributed by atoms with van der Waals surface area (Å²) >= 11 is 1.91. The normalized spacial score (nSPS) is 25.7. The first-order chi connectivity index (χ1) is 8.67. The van der Waals surface area contributed by atoms with E-state index in [4.69, 9.17) is 15.2 Å². The Morgan fingerprint density at radius 2 is 2.28 bits per heavy atom. The molecule has 0 saturated heterocycles. The van der Waals surface area contributed by atoms with Gasteiger partial charge in [-0.1, -0.05) is 0 Å². The van der Waals surface area contributed by atoms with Gasteiger partial charge >= 0.3 is 5.97 Å². The molecule has 0 aliphatic heterocycles. The highest BCUT2D eigenvalue weighted by Gasteiger charge is 2.22. The lowest BCUT2D eigenvalue weighted by atomic mass is 9.97. The maximum atomic E-state index is 11.3. The number of esters is 1. The van der Waals surface area contributed by atoms with Crippen molar-refractivity contribution in [1.29, 1.82) is 0 Å². The Kier molecular flexibility index (Phi) is 7.70. The molecule has 1 aliphatic carbocycles. The van der Waals surface area contributed by atoms with Crippen LogP contribution in [0.25, 0.3) is 0 Å². The fraction of sp³-hybridized carbons (Fsp3) is 0.923. The lowest BCUT2D eigenvalue weighted by Gasteiger charge is -2.27. The highest BCUT2D eigenvalue weighted by atomic mass is 32.2. The Balaban J connectivity index is 2.15. The lowest BCUT2D eigenvalue weighted by molar-refractivity contribution is -0.144. The second kappa shape index (κ2) is 8.77. The molecule has 2 N–H and O–H groups in total. The number of thioether (sulfide) groups is 1. The van der Waals surface area contributed by atoms with E-state index in [2.05, 4.69) is 0 Å². The first kappa shape index (κ1) is 15.8. The van der Waals surface area contributed by atoms with Crippen LogP contribution in [0.5, 0.6) is 0 Å². The number of hydrogen-bond acceptors (Lipinski definition) is 5. The van der Waals surface area contributed by atoms with E-state index in [9.17, 15) is 4.79 Å². The number of carbonyl (C=O) groups excluding carboxylic acids is 1. The largest absolute Gasteiger partial charge is 0.465 e. The molecule has 0 aromatic rings. The van der Waals surface area contributed by atoms with E-state index >= 15 is 0 Å². The number of hydrogen-bond donors (Lipinski definition) is 1. The number of carbonyl (C=O) groups is 1. The summed E-state index contributed by atoms with van der Waals surface area (Å²) in [6.45, 7) is 2.20. The van der Waals surface area contributed by atoms with E-state index in [1.165, 1.54) is 19.3 Å². The maximum absolute atomic E-state index is 11.3. The molecule has 0 radical (unpaired) electrons. The summed E-state index contributed by atoms with van der Waals surface area (Å²) in [5.41, 5.74) is 5.76. The molecule has 3 unspecified atom stereocenters. The third kappa shape index (κ3) is 5.59. The summed E-state index contributed by atoms with van der Waals surface area (Å²) in [5.74, 6) is 0.637. The zero-order valence-electron chi connectivity index (χ0n) is 11.4. The minimum Gasteiger partial charge on any atom is -0.465 e.